The lowest BCUT2D eigenvalue weighted by molar-refractivity contribution is -0.0309. The maximum absolute atomic E-state index is 13.9. The smallest absolute Gasteiger partial charge is 0.126 e. The summed E-state index contributed by atoms with van der Waals surface area (Å²) in [4.78, 5) is 2.33. The zero-order chi connectivity index (χ0) is 22.2. The van der Waals surface area contributed by atoms with Gasteiger partial charge in [-0.2, -0.15) is 0 Å². The molecule has 1 saturated heterocycles. The molecule has 162 valence electrons. The number of likely N-dealkylation sites (tertiary alicyclic amines) is 1. The van der Waals surface area contributed by atoms with Crippen molar-refractivity contribution in [2.75, 3.05) is 13.1 Å². The van der Waals surface area contributed by atoms with Gasteiger partial charge in [-0.05, 0) is 60.7 Å². The third kappa shape index (κ3) is 4.82. The quantitative estimate of drug-likeness (QED) is 0.492. The molecule has 31 heavy (non-hydrogen) atoms. The number of halogens is 3. The van der Waals surface area contributed by atoms with E-state index in [2.05, 4.69) is 17.0 Å². The van der Waals surface area contributed by atoms with Crippen LogP contribution in [0.5, 0.6) is 0 Å². The van der Waals surface area contributed by atoms with Gasteiger partial charge in [0.1, 0.15) is 11.6 Å². The molecule has 0 saturated carbocycles. The lowest BCUT2D eigenvalue weighted by Gasteiger charge is -2.50. The molecule has 5 heteroatoms. The Morgan fingerprint density at radius 3 is 1.97 bits per heavy atom. The van der Waals surface area contributed by atoms with Gasteiger partial charge in [0.2, 0.25) is 0 Å². The molecule has 0 aliphatic carbocycles. The Labute approximate surface area is 187 Å². The zero-order valence-corrected chi connectivity index (χ0v) is 18.4. The van der Waals surface area contributed by atoms with E-state index in [1.165, 1.54) is 17.7 Å². The molecule has 0 bridgehead atoms. The third-order valence-electron chi connectivity index (χ3n) is 6.08. The van der Waals surface area contributed by atoms with Crippen molar-refractivity contribution in [1.29, 1.82) is 0 Å². The summed E-state index contributed by atoms with van der Waals surface area (Å²) in [7, 11) is 0. The average Bonchev–Trinajstić information content (AvgIpc) is 2.66. The van der Waals surface area contributed by atoms with Crippen molar-refractivity contribution < 1.29 is 13.9 Å². The van der Waals surface area contributed by atoms with E-state index in [1.807, 2.05) is 42.5 Å². The van der Waals surface area contributed by atoms with Crippen LogP contribution in [0.15, 0.2) is 72.8 Å². The van der Waals surface area contributed by atoms with Gasteiger partial charge in [0.05, 0.1) is 11.6 Å². The van der Waals surface area contributed by atoms with Crippen molar-refractivity contribution >= 4 is 11.6 Å². The highest BCUT2D eigenvalue weighted by molar-refractivity contribution is 6.30. The number of benzene rings is 3. The normalized spacial score (nSPS) is 17.2. The fourth-order valence-corrected chi connectivity index (χ4v) is 5.00. The number of nitrogens with zero attached hydrogens (tertiary/aromatic N) is 1. The summed E-state index contributed by atoms with van der Waals surface area (Å²) in [6.07, 6.45) is 0. The van der Waals surface area contributed by atoms with E-state index < -0.39 is 17.2 Å². The Bertz CT molecular complexity index is 1010. The number of aliphatic hydroxyl groups is 1. The first-order valence-corrected chi connectivity index (χ1v) is 10.8. The maximum Gasteiger partial charge on any atom is 0.126 e. The van der Waals surface area contributed by atoms with Crippen LogP contribution in [0.4, 0.5) is 8.78 Å². The first-order valence-electron chi connectivity index (χ1n) is 10.4. The van der Waals surface area contributed by atoms with Crippen LogP contribution < -0.4 is 0 Å². The van der Waals surface area contributed by atoms with Gasteiger partial charge in [-0.1, -0.05) is 54.1 Å². The summed E-state index contributed by atoms with van der Waals surface area (Å²) in [5, 5.41) is 11.5. The molecule has 3 aromatic carbocycles. The number of rotatable bonds is 6. The first-order chi connectivity index (χ1) is 14.7. The highest BCUT2D eigenvalue weighted by Crippen LogP contribution is 2.44. The summed E-state index contributed by atoms with van der Waals surface area (Å²) >= 11 is 6.10. The predicted octanol–water partition coefficient (Wildman–Crippen LogP) is 6.19. The summed E-state index contributed by atoms with van der Waals surface area (Å²) in [6.45, 7) is 4.82. The van der Waals surface area contributed by atoms with Crippen molar-refractivity contribution in [1.82, 2.24) is 4.90 Å². The average molecular weight is 442 g/mol. The lowest BCUT2D eigenvalue weighted by atomic mass is 9.71. The van der Waals surface area contributed by atoms with Crippen LogP contribution in [0, 0.1) is 17.6 Å². The third-order valence-corrected chi connectivity index (χ3v) is 6.33. The van der Waals surface area contributed by atoms with Crippen LogP contribution in [0.25, 0.3) is 0 Å². The first kappa shape index (κ1) is 21.9. The van der Waals surface area contributed by atoms with E-state index in [0.717, 1.165) is 11.6 Å². The number of hydrogen-bond acceptors (Lipinski definition) is 2. The molecular weight excluding hydrogens is 416 g/mol. The van der Waals surface area contributed by atoms with Gasteiger partial charge in [0, 0.05) is 30.1 Å². The minimum atomic E-state index is -1.11. The summed E-state index contributed by atoms with van der Waals surface area (Å²) in [5.41, 5.74) is 1.68. The molecule has 4 rings (SSSR count). The van der Waals surface area contributed by atoms with Crippen molar-refractivity contribution in [2.45, 2.75) is 31.4 Å². The Kier molecular flexibility index (Phi) is 6.16. The van der Waals surface area contributed by atoms with Gasteiger partial charge in [-0.15, -0.1) is 0 Å². The lowest BCUT2D eigenvalue weighted by Crippen LogP contribution is -2.54. The molecule has 2 atom stereocenters. The number of hydrogen-bond donors (Lipinski definition) is 1. The van der Waals surface area contributed by atoms with Crippen LogP contribution in [-0.2, 0) is 0 Å². The molecule has 1 aliphatic heterocycles. The molecule has 0 spiro atoms. The minimum absolute atomic E-state index is 0.0430. The van der Waals surface area contributed by atoms with E-state index >= 15 is 0 Å². The van der Waals surface area contributed by atoms with Gasteiger partial charge >= 0.3 is 0 Å². The topological polar surface area (TPSA) is 23.5 Å². The van der Waals surface area contributed by atoms with E-state index in [9.17, 15) is 13.9 Å². The molecule has 1 heterocycles. The molecule has 3 aromatic rings. The van der Waals surface area contributed by atoms with Crippen LogP contribution in [-0.4, -0.2) is 28.7 Å². The second-order valence-electron chi connectivity index (χ2n) is 8.91. The van der Waals surface area contributed by atoms with Gasteiger partial charge in [-0.3, -0.25) is 4.90 Å². The highest BCUT2D eigenvalue weighted by atomic mass is 35.5. The van der Waals surface area contributed by atoms with Crippen molar-refractivity contribution in [2.24, 2.45) is 5.92 Å². The molecule has 1 N–H and O–H groups in total. The standard InChI is InChI=1S/C26H26ClF2NO/c1-26(2,31)24(19-12-22(28)14-23(29)13-19)20-15-30(16-20)25(17-6-4-3-5-7-17)18-8-10-21(27)11-9-18/h3-14,20,24-25,31H,15-16H2,1-2H3/t24-,25-/m1/s1. The largest absolute Gasteiger partial charge is 0.390 e. The molecule has 1 fully saturated rings. The summed E-state index contributed by atoms with van der Waals surface area (Å²) in [5.74, 6) is -1.55. The molecule has 0 radical (unpaired) electrons. The maximum atomic E-state index is 13.9. The van der Waals surface area contributed by atoms with Crippen LogP contribution >= 0.6 is 11.6 Å². The van der Waals surface area contributed by atoms with Gasteiger partial charge in [0.15, 0.2) is 0 Å². The molecular formula is C26H26ClF2NO. The Morgan fingerprint density at radius 2 is 1.42 bits per heavy atom. The summed E-state index contributed by atoms with van der Waals surface area (Å²) < 4.78 is 27.8. The van der Waals surface area contributed by atoms with E-state index in [1.54, 1.807) is 13.8 Å². The van der Waals surface area contributed by atoms with E-state index in [-0.39, 0.29) is 17.9 Å². The molecule has 2 nitrogen and oxygen atoms in total. The van der Waals surface area contributed by atoms with Crippen molar-refractivity contribution in [3.05, 3.63) is 106 Å². The van der Waals surface area contributed by atoms with Crippen LogP contribution in [0.3, 0.4) is 0 Å². The Balaban J connectivity index is 1.62. The van der Waals surface area contributed by atoms with Gasteiger partial charge in [0.25, 0.3) is 0 Å². The minimum Gasteiger partial charge on any atom is -0.390 e. The van der Waals surface area contributed by atoms with Crippen molar-refractivity contribution in [3.63, 3.8) is 0 Å². The fraction of sp³-hybridized carbons (Fsp3) is 0.308. The van der Waals surface area contributed by atoms with Gasteiger partial charge < -0.3 is 5.11 Å². The Morgan fingerprint density at radius 1 is 0.871 bits per heavy atom. The summed E-state index contributed by atoms with van der Waals surface area (Å²) in [6, 6.07) is 21.6. The second-order valence-corrected chi connectivity index (χ2v) is 9.35. The highest BCUT2D eigenvalue weighted by Gasteiger charge is 2.44. The SMILES string of the molecule is CC(C)(O)[C@H](c1cc(F)cc(F)c1)C1CN([C@H](c2ccccc2)c2ccc(Cl)cc2)C1. The molecule has 0 amide bonds. The van der Waals surface area contributed by atoms with Crippen LogP contribution in [0.1, 0.15) is 42.5 Å². The molecule has 0 aromatic heterocycles. The Hall–Kier alpha value is -2.27. The molecule has 1 aliphatic rings. The van der Waals surface area contributed by atoms with E-state index in [0.29, 0.717) is 23.7 Å². The van der Waals surface area contributed by atoms with E-state index in [4.69, 9.17) is 11.6 Å². The fourth-order valence-electron chi connectivity index (χ4n) is 4.88. The van der Waals surface area contributed by atoms with Gasteiger partial charge in [-0.25, -0.2) is 8.78 Å². The molecule has 0 unspecified atom stereocenters. The zero-order valence-electron chi connectivity index (χ0n) is 17.6. The second kappa shape index (κ2) is 8.70. The predicted molar refractivity (Wildman–Crippen MR) is 120 cm³/mol. The monoisotopic (exact) mass is 441 g/mol. The van der Waals surface area contributed by atoms with Crippen LogP contribution in [0.2, 0.25) is 5.02 Å². The van der Waals surface area contributed by atoms with Crippen molar-refractivity contribution in [3.8, 4) is 0 Å².